The summed E-state index contributed by atoms with van der Waals surface area (Å²) in [6.45, 7) is 3.50. The lowest BCUT2D eigenvalue weighted by molar-refractivity contribution is -0.124. The number of hydrogen-bond acceptors (Lipinski definition) is 6. The monoisotopic (exact) mass is 326 g/mol. The van der Waals surface area contributed by atoms with Gasteiger partial charge in [-0.1, -0.05) is 13.3 Å². The maximum atomic E-state index is 12.2. The maximum absolute atomic E-state index is 12.2. The Morgan fingerprint density at radius 2 is 2.32 bits per heavy atom. The van der Waals surface area contributed by atoms with E-state index in [4.69, 9.17) is 5.84 Å². The van der Waals surface area contributed by atoms with Gasteiger partial charge in [0.15, 0.2) is 5.13 Å². The van der Waals surface area contributed by atoms with E-state index in [1.807, 2.05) is 12.3 Å². The lowest BCUT2D eigenvalue weighted by Gasteiger charge is -2.18. The molecule has 2 heterocycles. The second-order valence-electron chi connectivity index (χ2n) is 5.23. The number of hydrazine groups is 2. The molecule has 1 aliphatic heterocycles. The lowest BCUT2D eigenvalue weighted by atomic mass is 10.2. The molecule has 1 aromatic heterocycles. The standard InChI is InChI=1S/C13H22N6O2S/c1-3-4-5-11(20)16-19-7-6-18(13(19)21)8-10-9-22-12(15-10)17(2)14/h9H,3-8,14H2,1-2H3,(H,16,20). The van der Waals surface area contributed by atoms with Gasteiger partial charge in [0.1, 0.15) is 0 Å². The first-order valence-electron chi connectivity index (χ1n) is 7.30. The molecule has 0 bridgehead atoms. The van der Waals surface area contributed by atoms with Crippen LogP contribution in [0, 0.1) is 0 Å². The summed E-state index contributed by atoms with van der Waals surface area (Å²) in [6, 6.07) is -0.194. The number of urea groups is 1. The average Bonchev–Trinajstić information content (AvgIpc) is 3.07. The highest BCUT2D eigenvalue weighted by Gasteiger charge is 2.30. The van der Waals surface area contributed by atoms with Crippen LogP contribution < -0.4 is 16.3 Å². The number of aromatic nitrogens is 1. The molecule has 1 aromatic rings. The third kappa shape index (κ3) is 4.08. The summed E-state index contributed by atoms with van der Waals surface area (Å²) in [5.74, 6) is 5.51. The maximum Gasteiger partial charge on any atom is 0.339 e. The van der Waals surface area contributed by atoms with Gasteiger partial charge in [-0.15, -0.1) is 11.3 Å². The fraction of sp³-hybridized carbons (Fsp3) is 0.615. The zero-order valence-corrected chi connectivity index (χ0v) is 13.7. The predicted octanol–water partition coefficient (Wildman–Crippen LogP) is 0.912. The highest BCUT2D eigenvalue weighted by atomic mass is 32.1. The molecule has 0 atom stereocenters. The van der Waals surface area contributed by atoms with E-state index in [2.05, 4.69) is 10.4 Å². The largest absolute Gasteiger partial charge is 0.339 e. The normalized spacial score (nSPS) is 14.6. The number of anilines is 1. The Kier molecular flexibility index (Phi) is 5.56. The van der Waals surface area contributed by atoms with Crippen molar-refractivity contribution in [3.05, 3.63) is 11.1 Å². The Morgan fingerprint density at radius 1 is 1.55 bits per heavy atom. The van der Waals surface area contributed by atoms with Gasteiger partial charge in [-0.05, 0) is 6.42 Å². The van der Waals surface area contributed by atoms with Crippen molar-refractivity contribution in [2.75, 3.05) is 25.1 Å². The molecule has 9 heteroatoms. The highest BCUT2D eigenvalue weighted by Crippen LogP contribution is 2.19. The van der Waals surface area contributed by atoms with Crippen LogP contribution in [0.1, 0.15) is 31.9 Å². The fourth-order valence-corrected chi connectivity index (χ4v) is 2.81. The molecular weight excluding hydrogens is 304 g/mol. The Bertz CT molecular complexity index is 532. The van der Waals surface area contributed by atoms with E-state index in [1.165, 1.54) is 21.4 Å². The first-order valence-corrected chi connectivity index (χ1v) is 8.18. The van der Waals surface area contributed by atoms with Crippen LogP contribution in [-0.4, -0.2) is 47.0 Å². The number of carbonyl (C=O) groups is 2. The van der Waals surface area contributed by atoms with Gasteiger partial charge in [0, 0.05) is 25.4 Å². The molecule has 2 rings (SSSR count). The van der Waals surface area contributed by atoms with Gasteiger partial charge in [-0.25, -0.2) is 20.6 Å². The number of nitrogens with two attached hydrogens (primary N) is 1. The Morgan fingerprint density at radius 3 is 2.95 bits per heavy atom. The van der Waals surface area contributed by atoms with Crippen molar-refractivity contribution in [2.45, 2.75) is 32.7 Å². The molecular formula is C13H22N6O2S. The van der Waals surface area contributed by atoms with E-state index in [-0.39, 0.29) is 11.9 Å². The molecule has 3 N–H and O–H groups in total. The zero-order valence-electron chi connectivity index (χ0n) is 12.9. The second-order valence-corrected chi connectivity index (χ2v) is 6.06. The number of unbranched alkanes of at least 4 members (excludes halogenated alkanes) is 1. The van der Waals surface area contributed by atoms with Crippen molar-refractivity contribution in [1.82, 2.24) is 20.3 Å². The quantitative estimate of drug-likeness (QED) is 0.574. The van der Waals surface area contributed by atoms with E-state index < -0.39 is 0 Å². The SMILES string of the molecule is CCCCC(=O)NN1CCN(Cc2csc(N(C)N)n2)C1=O. The Hall–Kier alpha value is -1.87. The summed E-state index contributed by atoms with van der Waals surface area (Å²) in [4.78, 5) is 29.9. The van der Waals surface area contributed by atoms with Crippen LogP contribution in [0.3, 0.4) is 0 Å². The highest BCUT2D eigenvalue weighted by molar-refractivity contribution is 7.13. The topological polar surface area (TPSA) is 94.8 Å². The fourth-order valence-electron chi connectivity index (χ4n) is 2.10. The van der Waals surface area contributed by atoms with Crippen molar-refractivity contribution >= 4 is 28.4 Å². The van der Waals surface area contributed by atoms with Gasteiger partial charge >= 0.3 is 6.03 Å². The van der Waals surface area contributed by atoms with Gasteiger partial charge < -0.3 is 4.90 Å². The molecule has 3 amide bonds. The minimum absolute atomic E-state index is 0.113. The van der Waals surface area contributed by atoms with Gasteiger partial charge in [-0.3, -0.25) is 15.2 Å². The number of nitrogens with one attached hydrogen (secondary N) is 1. The van der Waals surface area contributed by atoms with E-state index in [0.29, 0.717) is 31.2 Å². The van der Waals surface area contributed by atoms with Gasteiger partial charge in [0.2, 0.25) is 5.91 Å². The number of carbonyl (C=O) groups excluding carboxylic acids is 2. The van der Waals surface area contributed by atoms with E-state index in [9.17, 15) is 9.59 Å². The van der Waals surface area contributed by atoms with Gasteiger partial charge in [0.05, 0.1) is 18.8 Å². The molecule has 122 valence electrons. The van der Waals surface area contributed by atoms with Crippen molar-refractivity contribution < 1.29 is 9.59 Å². The Labute approximate surface area is 133 Å². The minimum atomic E-state index is -0.194. The van der Waals surface area contributed by atoms with Crippen molar-refractivity contribution in [3.8, 4) is 0 Å². The van der Waals surface area contributed by atoms with Crippen molar-refractivity contribution in [3.63, 3.8) is 0 Å². The molecule has 8 nitrogen and oxygen atoms in total. The summed E-state index contributed by atoms with van der Waals surface area (Å²) in [5.41, 5.74) is 3.46. The van der Waals surface area contributed by atoms with Crippen LogP contribution in [0.15, 0.2) is 5.38 Å². The smallest absolute Gasteiger partial charge is 0.315 e. The summed E-state index contributed by atoms with van der Waals surface area (Å²) in [6.07, 6.45) is 2.22. The van der Waals surface area contributed by atoms with Crippen LogP contribution >= 0.6 is 11.3 Å². The van der Waals surface area contributed by atoms with Crippen LogP contribution in [0.25, 0.3) is 0 Å². The summed E-state index contributed by atoms with van der Waals surface area (Å²) in [5, 5.41) is 5.40. The van der Waals surface area contributed by atoms with Crippen molar-refractivity contribution in [2.24, 2.45) is 5.84 Å². The third-order valence-corrected chi connectivity index (χ3v) is 4.29. The average molecular weight is 326 g/mol. The molecule has 0 unspecified atom stereocenters. The molecule has 1 saturated heterocycles. The van der Waals surface area contributed by atoms with Crippen LogP contribution in [-0.2, 0) is 11.3 Å². The van der Waals surface area contributed by atoms with Crippen LogP contribution in [0.4, 0.5) is 9.93 Å². The number of thiazole rings is 1. The van der Waals surface area contributed by atoms with E-state index in [0.717, 1.165) is 18.5 Å². The number of nitrogens with zero attached hydrogens (tertiary/aromatic N) is 4. The molecule has 0 aliphatic carbocycles. The molecule has 1 aliphatic rings. The van der Waals surface area contributed by atoms with Gasteiger partial charge in [-0.2, -0.15) is 0 Å². The minimum Gasteiger partial charge on any atom is -0.315 e. The number of rotatable bonds is 7. The third-order valence-electron chi connectivity index (χ3n) is 3.31. The van der Waals surface area contributed by atoms with Crippen LogP contribution in [0.5, 0.6) is 0 Å². The van der Waals surface area contributed by atoms with Crippen LogP contribution in [0.2, 0.25) is 0 Å². The van der Waals surface area contributed by atoms with Gasteiger partial charge in [0.25, 0.3) is 0 Å². The molecule has 0 saturated carbocycles. The van der Waals surface area contributed by atoms with Crippen molar-refractivity contribution in [1.29, 1.82) is 0 Å². The lowest BCUT2D eigenvalue weighted by Crippen LogP contribution is -2.44. The molecule has 1 fully saturated rings. The first-order chi connectivity index (χ1) is 10.5. The van der Waals surface area contributed by atoms with E-state index >= 15 is 0 Å². The predicted molar refractivity (Wildman–Crippen MR) is 84.9 cm³/mol. The summed E-state index contributed by atoms with van der Waals surface area (Å²) in [7, 11) is 1.72. The number of amides is 3. The molecule has 22 heavy (non-hydrogen) atoms. The molecule has 0 aromatic carbocycles. The van der Waals surface area contributed by atoms with E-state index in [1.54, 1.807) is 11.9 Å². The summed E-state index contributed by atoms with van der Waals surface area (Å²) < 4.78 is 0. The number of hydrogen-bond donors (Lipinski definition) is 2. The molecule has 0 spiro atoms. The first kappa shape index (κ1) is 16.5. The zero-order chi connectivity index (χ0) is 16.1. The Balaban J connectivity index is 1.86. The second kappa shape index (κ2) is 7.41. The summed E-state index contributed by atoms with van der Waals surface area (Å²) >= 11 is 1.43. The molecule has 0 radical (unpaired) electrons.